The number of nitrogens with zero attached hydrogens (tertiary/aromatic N) is 2. The lowest BCUT2D eigenvalue weighted by Gasteiger charge is -2.07. The van der Waals surface area contributed by atoms with Gasteiger partial charge in [0.05, 0.1) is 22.2 Å². The fourth-order valence-corrected chi connectivity index (χ4v) is 2.93. The van der Waals surface area contributed by atoms with Gasteiger partial charge in [0, 0.05) is 0 Å². The zero-order valence-corrected chi connectivity index (χ0v) is 13.5. The van der Waals surface area contributed by atoms with Crippen LogP contribution in [0.2, 0.25) is 5.02 Å². The number of hydrogen-bond acceptors (Lipinski definition) is 3. The Morgan fingerprint density at radius 2 is 2.14 bits per heavy atom. The number of carboxylic acid groups (broad SMARTS) is 1. The average Bonchev–Trinajstić information content (AvgIpc) is 2.78. The van der Waals surface area contributed by atoms with Gasteiger partial charge in [-0.2, -0.15) is 5.10 Å². The highest BCUT2D eigenvalue weighted by atomic mass is 35.5. The van der Waals surface area contributed by atoms with Gasteiger partial charge in [0.1, 0.15) is 5.03 Å². The lowest BCUT2D eigenvalue weighted by atomic mass is 10.1. The third kappa shape index (κ3) is 4.25. The minimum absolute atomic E-state index is 0.00271. The average molecular weight is 325 g/mol. The number of thioether (sulfide) groups is 1. The summed E-state index contributed by atoms with van der Waals surface area (Å²) >= 11 is 7.47. The Morgan fingerprint density at radius 3 is 2.76 bits per heavy atom. The fourth-order valence-electron chi connectivity index (χ4n) is 1.96. The summed E-state index contributed by atoms with van der Waals surface area (Å²) < 4.78 is 1.73. The molecule has 0 amide bonds. The van der Waals surface area contributed by atoms with Crippen molar-refractivity contribution < 1.29 is 9.90 Å². The molecule has 0 bridgehead atoms. The van der Waals surface area contributed by atoms with E-state index in [9.17, 15) is 4.79 Å². The van der Waals surface area contributed by atoms with E-state index in [1.165, 1.54) is 11.8 Å². The minimum atomic E-state index is -0.850. The standard InChI is InChI=1S/C15H17ClN2O2S/c1-10(2)7-11-8-14(21-9-15(19)20)18(17-11)13-6-4-3-5-12(13)16/h3-6,8,10H,7,9H2,1-2H3,(H,19,20). The molecule has 1 aromatic heterocycles. The van der Waals surface area contributed by atoms with Gasteiger partial charge in [0.25, 0.3) is 0 Å². The molecule has 0 radical (unpaired) electrons. The first-order valence-electron chi connectivity index (χ1n) is 6.66. The van der Waals surface area contributed by atoms with Gasteiger partial charge < -0.3 is 5.11 Å². The summed E-state index contributed by atoms with van der Waals surface area (Å²) in [6.07, 6.45) is 0.845. The van der Waals surface area contributed by atoms with Crippen molar-refractivity contribution in [2.75, 3.05) is 5.75 Å². The summed E-state index contributed by atoms with van der Waals surface area (Å²) in [7, 11) is 0. The first-order chi connectivity index (χ1) is 9.97. The van der Waals surface area contributed by atoms with Crippen LogP contribution in [-0.4, -0.2) is 26.6 Å². The molecule has 1 aromatic carbocycles. The van der Waals surface area contributed by atoms with Crippen LogP contribution in [0.5, 0.6) is 0 Å². The number of carboxylic acids is 1. The zero-order valence-electron chi connectivity index (χ0n) is 11.9. The number of hydrogen-bond donors (Lipinski definition) is 1. The van der Waals surface area contributed by atoms with Crippen molar-refractivity contribution in [3.05, 3.63) is 41.0 Å². The second kappa shape index (κ2) is 7.00. The Hall–Kier alpha value is -1.46. The molecule has 0 spiro atoms. The molecule has 4 nitrogen and oxygen atoms in total. The molecule has 0 saturated heterocycles. The van der Waals surface area contributed by atoms with Crippen LogP contribution in [-0.2, 0) is 11.2 Å². The minimum Gasteiger partial charge on any atom is -0.481 e. The highest BCUT2D eigenvalue weighted by Gasteiger charge is 2.14. The molecule has 6 heteroatoms. The number of carbonyl (C=O) groups is 1. The Balaban J connectivity index is 2.39. The van der Waals surface area contributed by atoms with Gasteiger partial charge in [0.2, 0.25) is 0 Å². The first kappa shape index (κ1) is 15.9. The molecule has 112 valence electrons. The SMILES string of the molecule is CC(C)Cc1cc(SCC(=O)O)n(-c2ccccc2Cl)n1. The Labute approximate surface area is 133 Å². The molecule has 0 unspecified atom stereocenters. The predicted octanol–water partition coefficient (Wildman–Crippen LogP) is 3.90. The van der Waals surface area contributed by atoms with Crippen LogP contribution in [0.25, 0.3) is 5.69 Å². The molecule has 21 heavy (non-hydrogen) atoms. The molecule has 0 aliphatic rings. The van der Waals surface area contributed by atoms with Crippen molar-refractivity contribution in [3.8, 4) is 5.69 Å². The van der Waals surface area contributed by atoms with Crippen molar-refractivity contribution in [2.24, 2.45) is 5.92 Å². The second-order valence-corrected chi connectivity index (χ2v) is 6.52. The van der Waals surface area contributed by atoms with Crippen LogP contribution < -0.4 is 0 Å². The van der Waals surface area contributed by atoms with Gasteiger partial charge in [-0.25, -0.2) is 4.68 Å². The third-order valence-corrected chi connectivity index (χ3v) is 4.07. The number of halogens is 1. The predicted molar refractivity (Wildman–Crippen MR) is 85.5 cm³/mol. The summed E-state index contributed by atoms with van der Waals surface area (Å²) in [6, 6.07) is 9.35. The van der Waals surface area contributed by atoms with Crippen molar-refractivity contribution >= 4 is 29.3 Å². The Bertz CT molecular complexity index is 640. The summed E-state index contributed by atoms with van der Waals surface area (Å²) in [5.74, 6) is -0.369. The van der Waals surface area contributed by atoms with Crippen LogP contribution in [0.4, 0.5) is 0 Å². The lowest BCUT2D eigenvalue weighted by molar-refractivity contribution is -0.133. The molecular formula is C15H17ClN2O2S. The van der Waals surface area contributed by atoms with Gasteiger partial charge in [-0.05, 0) is 30.5 Å². The van der Waals surface area contributed by atoms with Crippen molar-refractivity contribution in [1.82, 2.24) is 9.78 Å². The maximum atomic E-state index is 10.8. The Morgan fingerprint density at radius 1 is 1.43 bits per heavy atom. The van der Waals surface area contributed by atoms with Gasteiger partial charge in [-0.15, -0.1) is 0 Å². The van der Waals surface area contributed by atoms with Crippen LogP contribution in [0.3, 0.4) is 0 Å². The number of rotatable bonds is 6. The third-order valence-electron chi connectivity index (χ3n) is 2.77. The molecule has 0 atom stereocenters. The largest absolute Gasteiger partial charge is 0.481 e. The molecule has 0 aliphatic carbocycles. The Kier molecular flexibility index (Phi) is 5.31. The molecule has 0 saturated carbocycles. The highest BCUT2D eigenvalue weighted by Crippen LogP contribution is 2.27. The molecule has 1 heterocycles. The summed E-state index contributed by atoms with van der Waals surface area (Å²) in [5.41, 5.74) is 1.71. The van der Waals surface area contributed by atoms with E-state index in [0.717, 1.165) is 22.8 Å². The zero-order chi connectivity index (χ0) is 15.4. The number of aromatic nitrogens is 2. The fraction of sp³-hybridized carbons (Fsp3) is 0.333. The van der Waals surface area contributed by atoms with Gasteiger partial charge in [-0.3, -0.25) is 4.79 Å². The monoisotopic (exact) mass is 324 g/mol. The van der Waals surface area contributed by atoms with E-state index in [0.29, 0.717) is 10.9 Å². The molecule has 0 aliphatic heterocycles. The molecule has 1 N–H and O–H groups in total. The summed E-state index contributed by atoms with van der Waals surface area (Å²) in [6.45, 7) is 4.25. The van der Waals surface area contributed by atoms with Crippen LogP contribution in [0, 0.1) is 5.92 Å². The van der Waals surface area contributed by atoms with Crippen molar-refractivity contribution in [3.63, 3.8) is 0 Å². The van der Waals surface area contributed by atoms with Crippen molar-refractivity contribution in [2.45, 2.75) is 25.3 Å². The van der Waals surface area contributed by atoms with E-state index in [1.54, 1.807) is 10.7 Å². The molecular weight excluding hydrogens is 308 g/mol. The molecule has 0 fully saturated rings. The van der Waals surface area contributed by atoms with E-state index in [1.807, 2.05) is 24.3 Å². The van der Waals surface area contributed by atoms with E-state index in [-0.39, 0.29) is 5.75 Å². The number of aliphatic carboxylic acids is 1. The molecule has 2 aromatic rings. The number of para-hydroxylation sites is 1. The van der Waals surface area contributed by atoms with E-state index in [2.05, 4.69) is 18.9 Å². The molecule has 2 rings (SSSR count). The van der Waals surface area contributed by atoms with E-state index in [4.69, 9.17) is 16.7 Å². The smallest absolute Gasteiger partial charge is 0.313 e. The van der Waals surface area contributed by atoms with Crippen LogP contribution >= 0.6 is 23.4 Å². The van der Waals surface area contributed by atoms with Gasteiger partial charge in [-0.1, -0.05) is 49.3 Å². The van der Waals surface area contributed by atoms with E-state index >= 15 is 0 Å². The van der Waals surface area contributed by atoms with Gasteiger partial charge >= 0.3 is 5.97 Å². The second-order valence-electron chi connectivity index (χ2n) is 5.12. The summed E-state index contributed by atoms with van der Waals surface area (Å²) in [4.78, 5) is 10.8. The maximum Gasteiger partial charge on any atom is 0.313 e. The lowest BCUT2D eigenvalue weighted by Crippen LogP contribution is -2.03. The van der Waals surface area contributed by atoms with E-state index < -0.39 is 5.97 Å². The normalized spacial score (nSPS) is 11.0. The topological polar surface area (TPSA) is 55.1 Å². The maximum absolute atomic E-state index is 10.8. The first-order valence-corrected chi connectivity index (χ1v) is 8.02. The van der Waals surface area contributed by atoms with Crippen LogP contribution in [0.15, 0.2) is 35.4 Å². The number of benzene rings is 1. The highest BCUT2D eigenvalue weighted by molar-refractivity contribution is 7.99. The quantitative estimate of drug-likeness (QED) is 0.819. The summed E-state index contributed by atoms with van der Waals surface area (Å²) in [5, 5.41) is 14.8. The van der Waals surface area contributed by atoms with Crippen LogP contribution in [0.1, 0.15) is 19.5 Å². The van der Waals surface area contributed by atoms with Gasteiger partial charge in [0.15, 0.2) is 0 Å². The van der Waals surface area contributed by atoms with Crippen molar-refractivity contribution in [1.29, 1.82) is 0 Å².